The van der Waals surface area contributed by atoms with E-state index in [1.54, 1.807) is 21.6 Å². The molecule has 0 spiro atoms. The molecule has 3 nitrogen and oxygen atoms in total. The van der Waals surface area contributed by atoms with Gasteiger partial charge in [-0.25, -0.2) is 0 Å². The Morgan fingerprint density at radius 2 is 1.92 bits per heavy atom. The van der Waals surface area contributed by atoms with E-state index in [0.29, 0.717) is 13.1 Å². The van der Waals surface area contributed by atoms with Crippen molar-refractivity contribution in [3.8, 4) is 0 Å². The lowest BCUT2D eigenvalue weighted by Crippen LogP contribution is -2.45. The third-order valence-corrected chi connectivity index (χ3v) is 5.02. The summed E-state index contributed by atoms with van der Waals surface area (Å²) in [6.45, 7) is 5.46. The maximum atomic E-state index is 5.84. The molecule has 0 saturated carbocycles. The van der Waals surface area contributed by atoms with E-state index in [9.17, 15) is 0 Å². The molecule has 0 aromatic rings. The summed E-state index contributed by atoms with van der Waals surface area (Å²) in [4.78, 5) is 0. The molecule has 5 heteroatoms. The lowest BCUT2D eigenvalue weighted by molar-refractivity contribution is 0.548. The molecule has 12 heavy (non-hydrogen) atoms. The molecule has 1 atom stereocenters. The first-order chi connectivity index (χ1) is 5.54. The van der Waals surface area contributed by atoms with Crippen molar-refractivity contribution in [1.82, 2.24) is 0 Å². The van der Waals surface area contributed by atoms with E-state index in [2.05, 4.69) is 13.8 Å². The number of hydrogen-bond acceptors (Lipinski definition) is 5. The van der Waals surface area contributed by atoms with Crippen LogP contribution < -0.4 is 17.2 Å². The fourth-order valence-corrected chi connectivity index (χ4v) is 3.11. The van der Waals surface area contributed by atoms with Crippen LogP contribution in [0.5, 0.6) is 0 Å². The van der Waals surface area contributed by atoms with Crippen molar-refractivity contribution in [3.63, 3.8) is 0 Å². The average molecular weight is 209 g/mol. The van der Waals surface area contributed by atoms with E-state index in [-0.39, 0.29) is 10.8 Å². The molecule has 0 aromatic carbocycles. The lowest BCUT2D eigenvalue weighted by Gasteiger charge is -2.29. The van der Waals surface area contributed by atoms with Crippen LogP contribution in [0.3, 0.4) is 0 Å². The Kier molecular flexibility index (Phi) is 6.39. The first-order valence-electron chi connectivity index (χ1n) is 4.01. The fourth-order valence-electron chi connectivity index (χ4n) is 0.587. The minimum atomic E-state index is 0.0363. The second-order valence-electron chi connectivity index (χ2n) is 3.14. The summed E-state index contributed by atoms with van der Waals surface area (Å²) in [5.41, 5.74) is 16.7. The van der Waals surface area contributed by atoms with Gasteiger partial charge >= 0.3 is 0 Å². The molecule has 0 bridgehead atoms. The Balaban J connectivity index is 3.70. The van der Waals surface area contributed by atoms with Gasteiger partial charge in [0.2, 0.25) is 0 Å². The van der Waals surface area contributed by atoms with Crippen molar-refractivity contribution in [2.75, 3.05) is 18.8 Å². The molecule has 0 rings (SSSR count). The monoisotopic (exact) mass is 209 g/mol. The second-order valence-corrected chi connectivity index (χ2v) is 6.21. The molecular formula is C7H19N3S2. The Labute approximate surface area is 82.6 Å². The van der Waals surface area contributed by atoms with E-state index in [4.69, 9.17) is 17.2 Å². The SMILES string of the molecule is CC(C)(SSCCN)[C@H](N)CN. The molecule has 0 fully saturated rings. The highest BCUT2D eigenvalue weighted by molar-refractivity contribution is 8.77. The summed E-state index contributed by atoms with van der Waals surface area (Å²) in [6, 6.07) is 0.0489. The van der Waals surface area contributed by atoms with Gasteiger partial charge in [0.05, 0.1) is 0 Å². The van der Waals surface area contributed by atoms with Gasteiger partial charge in [-0.15, -0.1) is 0 Å². The molecule has 0 amide bonds. The zero-order valence-electron chi connectivity index (χ0n) is 7.75. The Morgan fingerprint density at radius 3 is 2.33 bits per heavy atom. The van der Waals surface area contributed by atoms with Gasteiger partial charge < -0.3 is 17.2 Å². The quantitative estimate of drug-likeness (QED) is 0.436. The van der Waals surface area contributed by atoms with Gasteiger partial charge in [-0.05, 0) is 13.8 Å². The van der Waals surface area contributed by atoms with E-state index in [1.807, 2.05) is 0 Å². The molecule has 0 aromatic heterocycles. The standard InChI is InChI=1S/C7H19N3S2/c1-7(2,6(10)5-9)12-11-4-3-8/h6H,3-5,8-10H2,1-2H3/t6-/m1/s1. The van der Waals surface area contributed by atoms with Crippen LogP contribution in [0.25, 0.3) is 0 Å². The number of hydrogen-bond donors (Lipinski definition) is 3. The van der Waals surface area contributed by atoms with Crippen molar-refractivity contribution in [1.29, 1.82) is 0 Å². The van der Waals surface area contributed by atoms with Crippen LogP contribution in [0.15, 0.2) is 0 Å². The first kappa shape index (κ1) is 12.6. The van der Waals surface area contributed by atoms with Crippen LogP contribution in [0.2, 0.25) is 0 Å². The van der Waals surface area contributed by atoms with Gasteiger partial charge in [0.15, 0.2) is 0 Å². The van der Waals surface area contributed by atoms with Gasteiger partial charge in [-0.1, -0.05) is 21.6 Å². The smallest absolute Gasteiger partial charge is 0.0370 e. The average Bonchev–Trinajstić information content (AvgIpc) is 2.03. The molecule has 0 aliphatic rings. The molecule has 0 aliphatic carbocycles. The predicted molar refractivity (Wildman–Crippen MR) is 60.2 cm³/mol. The molecule has 0 radical (unpaired) electrons. The summed E-state index contributed by atoms with van der Waals surface area (Å²) in [5.74, 6) is 0.964. The van der Waals surface area contributed by atoms with Crippen molar-refractivity contribution in [2.24, 2.45) is 17.2 Å². The van der Waals surface area contributed by atoms with Crippen LogP contribution >= 0.6 is 21.6 Å². The normalized spacial score (nSPS) is 14.8. The third-order valence-electron chi connectivity index (χ3n) is 1.62. The van der Waals surface area contributed by atoms with Crippen LogP contribution in [0.1, 0.15) is 13.8 Å². The van der Waals surface area contributed by atoms with E-state index in [1.165, 1.54) is 0 Å². The zero-order chi connectivity index (χ0) is 9.61. The minimum Gasteiger partial charge on any atom is -0.330 e. The third kappa shape index (κ3) is 4.57. The van der Waals surface area contributed by atoms with E-state index in [0.717, 1.165) is 5.75 Å². The zero-order valence-corrected chi connectivity index (χ0v) is 9.38. The van der Waals surface area contributed by atoms with Crippen LogP contribution in [-0.2, 0) is 0 Å². The van der Waals surface area contributed by atoms with E-state index < -0.39 is 0 Å². The van der Waals surface area contributed by atoms with Gasteiger partial charge in [0.1, 0.15) is 0 Å². The van der Waals surface area contributed by atoms with Crippen molar-refractivity contribution < 1.29 is 0 Å². The number of nitrogens with two attached hydrogens (primary N) is 3. The first-order valence-corrected chi connectivity index (χ1v) is 6.33. The molecule has 6 N–H and O–H groups in total. The van der Waals surface area contributed by atoms with E-state index >= 15 is 0 Å². The van der Waals surface area contributed by atoms with Crippen molar-refractivity contribution in [2.45, 2.75) is 24.6 Å². The molecule has 0 aliphatic heterocycles. The van der Waals surface area contributed by atoms with Crippen LogP contribution in [-0.4, -0.2) is 29.6 Å². The molecular weight excluding hydrogens is 190 g/mol. The highest BCUT2D eigenvalue weighted by Crippen LogP contribution is 2.36. The largest absolute Gasteiger partial charge is 0.330 e. The summed E-state index contributed by atoms with van der Waals surface area (Å²) < 4.78 is 0.0363. The fraction of sp³-hybridized carbons (Fsp3) is 1.00. The number of rotatable bonds is 6. The lowest BCUT2D eigenvalue weighted by atomic mass is 10.1. The van der Waals surface area contributed by atoms with Gasteiger partial charge in [-0.2, -0.15) is 0 Å². The summed E-state index contributed by atoms with van der Waals surface area (Å²) in [6.07, 6.45) is 0. The minimum absolute atomic E-state index is 0.0363. The summed E-state index contributed by atoms with van der Waals surface area (Å²) in [7, 11) is 3.53. The predicted octanol–water partition coefficient (Wildman–Crippen LogP) is 0.391. The van der Waals surface area contributed by atoms with Crippen LogP contribution in [0, 0.1) is 0 Å². The maximum absolute atomic E-state index is 5.84. The van der Waals surface area contributed by atoms with Crippen LogP contribution in [0.4, 0.5) is 0 Å². The topological polar surface area (TPSA) is 78.1 Å². The molecule has 0 saturated heterocycles. The Hall–Kier alpha value is 0.580. The highest BCUT2D eigenvalue weighted by Gasteiger charge is 2.25. The molecule has 74 valence electrons. The summed E-state index contributed by atoms with van der Waals surface area (Å²) in [5, 5.41) is 0. The highest BCUT2D eigenvalue weighted by atomic mass is 33.1. The van der Waals surface area contributed by atoms with Crippen molar-refractivity contribution in [3.05, 3.63) is 0 Å². The van der Waals surface area contributed by atoms with Gasteiger partial charge in [0.25, 0.3) is 0 Å². The van der Waals surface area contributed by atoms with Gasteiger partial charge in [0, 0.05) is 29.6 Å². The summed E-state index contributed by atoms with van der Waals surface area (Å²) >= 11 is 0. The Morgan fingerprint density at radius 1 is 1.33 bits per heavy atom. The van der Waals surface area contributed by atoms with Gasteiger partial charge in [-0.3, -0.25) is 0 Å². The van der Waals surface area contributed by atoms with Crippen molar-refractivity contribution >= 4 is 21.6 Å². The second kappa shape index (κ2) is 6.10. The molecule has 0 heterocycles. The maximum Gasteiger partial charge on any atom is 0.0370 e. The Bertz CT molecular complexity index is 119. The molecule has 0 unspecified atom stereocenters.